The summed E-state index contributed by atoms with van der Waals surface area (Å²) in [5, 5.41) is 0.735. The maximum absolute atomic E-state index is 12.6. The minimum Gasteiger partial charge on any atom is -0.496 e. The maximum atomic E-state index is 12.6. The molecule has 2 aromatic rings. The summed E-state index contributed by atoms with van der Waals surface area (Å²) in [4.78, 5) is 0. The summed E-state index contributed by atoms with van der Waals surface area (Å²) in [6.45, 7) is 7.95. The Morgan fingerprint density at radius 2 is 1.70 bits per heavy atom. The van der Waals surface area contributed by atoms with Gasteiger partial charge in [0.05, 0.1) is 22.9 Å². The molecular formula is C20H25Cl2NO3S. The van der Waals surface area contributed by atoms with Gasteiger partial charge >= 0.3 is 0 Å². The highest BCUT2D eigenvalue weighted by atomic mass is 35.5. The van der Waals surface area contributed by atoms with E-state index >= 15 is 0 Å². The zero-order valence-electron chi connectivity index (χ0n) is 16.1. The molecule has 4 nitrogen and oxygen atoms in total. The maximum Gasteiger partial charge on any atom is 0.216 e. The van der Waals surface area contributed by atoms with Crippen molar-refractivity contribution in [1.29, 1.82) is 0 Å². The lowest BCUT2D eigenvalue weighted by Crippen LogP contribution is -2.28. The number of nitrogens with one attached hydrogen (secondary N) is 1. The standard InChI is InChI=1S/C20H25Cl2NO3S/c1-12(2)16-10-17(13(3)8-20(16)26-5)14(4)23-27(24,25)11-15-6-7-18(21)19(22)9-15/h6-10,12,14,23H,11H2,1-5H3/t14-/m1/s1. The van der Waals surface area contributed by atoms with Crippen LogP contribution in [0.1, 0.15) is 55.0 Å². The fourth-order valence-electron chi connectivity index (χ4n) is 3.03. The van der Waals surface area contributed by atoms with Crippen LogP contribution in [0.4, 0.5) is 0 Å². The van der Waals surface area contributed by atoms with Crippen molar-refractivity contribution in [2.75, 3.05) is 7.11 Å². The Bertz CT molecular complexity index is 927. The summed E-state index contributed by atoms with van der Waals surface area (Å²) >= 11 is 11.9. The summed E-state index contributed by atoms with van der Waals surface area (Å²) in [5.74, 6) is 0.914. The van der Waals surface area contributed by atoms with Gasteiger partial charge in [0, 0.05) is 6.04 Å². The first-order valence-electron chi connectivity index (χ1n) is 8.66. The molecule has 1 atom stereocenters. The van der Waals surface area contributed by atoms with Crippen LogP contribution >= 0.6 is 23.2 Å². The van der Waals surface area contributed by atoms with E-state index < -0.39 is 10.0 Å². The average molecular weight is 430 g/mol. The Kier molecular flexibility index (Phi) is 7.20. The highest BCUT2D eigenvalue weighted by Crippen LogP contribution is 2.32. The van der Waals surface area contributed by atoms with Gasteiger partial charge in [-0.3, -0.25) is 0 Å². The van der Waals surface area contributed by atoms with E-state index in [0.29, 0.717) is 15.6 Å². The van der Waals surface area contributed by atoms with E-state index in [4.69, 9.17) is 27.9 Å². The van der Waals surface area contributed by atoms with Gasteiger partial charge < -0.3 is 4.74 Å². The Balaban J connectivity index is 2.25. The van der Waals surface area contributed by atoms with Crippen LogP contribution in [0.5, 0.6) is 5.75 Å². The van der Waals surface area contributed by atoms with Gasteiger partial charge in [-0.05, 0) is 66.3 Å². The van der Waals surface area contributed by atoms with Gasteiger partial charge in [0.25, 0.3) is 0 Å². The second-order valence-corrected chi connectivity index (χ2v) is 9.52. The Hall–Kier alpha value is -1.27. The number of rotatable bonds is 7. The molecule has 0 heterocycles. The predicted molar refractivity (Wildman–Crippen MR) is 112 cm³/mol. The number of aryl methyl sites for hydroxylation is 1. The van der Waals surface area contributed by atoms with Gasteiger partial charge in [-0.2, -0.15) is 0 Å². The van der Waals surface area contributed by atoms with Crippen molar-refractivity contribution < 1.29 is 13.2 Å². The predicted octanol–water partition coefficient (Wildman–Crippen LogP) is 5.61. The minimum atomic E-state index is -3.56. The van der Waals surface area contributed by atoms with Crippen molar-refractivity contribution in [1.82, 2.24) is 4.72 Å². The van der Waals surface area contributed by atoms with Crippen LogP contribution in [0.2, 0.25) is 10.0 Å². The molecule has 0 saturated heterocycles. The number of hydrogen-bond acceptors (Lipinski definition) is 3. The zero-order chi connectivity index (χ0) is 20.4. The first-order valence-corrected chi connectivity index (χ1v) is 11.1. The van der Waals surface area contributed by atoms with Crippen LogP contribution in [0.15, 0.2) is 30.3 Å². The van der Waals surface area contributed by atoms with Crippen molar-refractivity contribution >= 4 is 33.2 Å². The van der Waals surface area contributed by atoms with E-state index in [1.807, 2.05) is 26.0 Å². The zero-order valence-corrected chi connectivity index (χ0v) is 18.5. The van der Waals surface area contributed by atoms with Crippen LogP contribution < -0.4 is 9.46 Å². The number of sulfonamides is 1. The van der Waals surface area contributed by atoms with Gasteiger partial charge in [-0.1, -0.05) is 43.1 Å². The van der Waals surface area contributed by atoms with Crippen LogP contribution in [0.25, 0.3) is 0 Å². The van der Waals surface area contributed by atoms with E-state index in [1.165, 1.54) is 0 Å². The third-order valence-corrected chi connectivity index (χ3v) is 6.57. The molecule has 0 spiro atoms. The number of ether oxygens (including phenoxy) is 1. The topological polar surface area (TPSA) is 55.4 Å². The molecular weight excluding hydrogens is 405 g/mol. The van der Waals surface area contributed by atoms with Crippen LogP contribution in [0, 0.1) is 6.92 Å². The van der Waals surface area contributed by atoms with Gasteiger partial charge in [0.2, 0.25) is 10.0 Å². The Labute approximate surface area is 171 Å². The highest BCUT2D eigenvalue weighted by Gasteiger charge is 2.20. The normalized spacial score (nSPS) is 13.0. The second kappa shape index (κ2) is 8.82. The number of methoxy groups -OCH3 is 1. The Morgan fingerprint density at radius 1 is 1.04 bits per heavy atom. The lowest BCUT2D eigenvalue weighted by Gasteiger charge is -2.21. The summed E-state index contributed by atoms with van der Waals surface area (Å²) in [6.07, 6.45) is 0. The number of halogens is 2. The van der Waals surface area contributed by atoms with Crippen molar-refractivity contribution in [2.45, 2.75) is 45.4 Å². The van der Waals surface area contributed by atoms with Crippen LogP contribution in [0.3, 0.4) is 0 Å². The molecule has 0 aromatic heterocycles. The van der Waals surface area contributed by atoms with E-state index in [9.17, 15) is 8.42 Å². The third-order valence-electron chi connectivity index (χ3n) is 4.40. The lowest BCUT2D eigenvalue weighted by atomic mass is 9.94. The molecule has 2 aromatic carbocycles. The third kappa shape index (κ3) is 5.61. The van der Waals surface area contributed by atoms with Gasteiger partial charge in [0.1, 0.15) is 5.75 Å². The number of benzene rings is 2. The first-order chi connectivity index (χ1) is 12.5. The molecule has 1 N–H and O–H groups in total. The molecule has 0 fully saturated rings. The van der Waals surface area contributed by atoms with E-state index in [-0.39, 0.29) is 17.7 Å². The van der Waals surface area contributed by atoms with E-state index in [1.54, 1.807) is 25.3 Å². The first kappa shape index (κ1) is 22.0. The van der Waals surface area contributed by atoms with Crippen LogP contribution in [-0.2, 0) is 15.8 Å². The SMILES string of the molecule is COc1cc(C)c([C@@H](C)NS(=O)(=O)Cc2ccc(Cl)c(Cl)c2)cc1C(C)C. The molecule has 0 saturated carbocycles. The molecule has 148 valence electrons. The van der Waals surface area contributed by atoms with Crippen LogP contribution in [-0.4, -0.2) is 15.5 Å². The molecule has 0 amide bonds. The molecule has 2 rings (SSSR count). The average Bonchev–Trinajstić information content (AvgIpc) is 2.56. The smallest absolute Gasteiger partial charge is 0.216 e. The minimum absolute atomic E-state index is 0.166. The van der Waals surface area contributed by atoms with E-state index in [0.717, 1.165) is 22.4 Å². The van der Waals surface area contributed by atoms with Crippen molar-refractivity contribution in [3.8, 4) is 5.75 Å². The fourth-order valence-corrected chi connectivity index (χ4v) is 4.72. The molecule has 7 heteroatoms. The molecule has 0 unspecified atom stereocenters. The van der Waals surface area contributed by atoms with Crippen molar-refractivity contribution in [2.24, 2.45) is 0 Å². The molecule has 0 bridgehead atoms. The monoisotopic (exact) mass is 429 g/mol. The van der Waals surface area contributed by atoms with Crippen molar-refractivity contribution in [3.63, 3.8) is 0 Å². The van der Waals surface area contributed by atoms with Gasteiger partial charge in [-0.25, -0.2) is 13.1 Å². The van der Waals surface area contributed by atoms with Crippen molar-refractivity contribution in [3.05, 3.63) is 62.6 Å². The second-order valence-electron chi connectivity index (χ2n) is 6.95. The van der Waals surface area contributed by atoms with E-state index in [2.05, 4.69) is 18.6 Å². The molecule has 0 aliphatic heterocycles. The summed E-state index contributed by atoms with van der Waals surface area (Å²) in [6, 6.07) is 8.43. The largest absolute Gasteiger partial charge is 0.496 e. The van der Waals surface area contributed by atoms with Gasteiger partial charge in [0.15, 0.2) is 0 Å². The molecule has 0 aliphatic rings. The Morgan fingerprint density at radius 3 is 2.26 bits per heavy atom. The molecule has 27 heavy (non-hydrogen) atoms. The summed E-state index contributed by atoms with van der Waals surface area (Å²) in [7, 11) is -1.92. The molecule has 0 aliphatic carbocycles. The summed E-state index contributed by atoms with van der Waals surface area (Å²) < 4.78 is 33.5. The highest BCUT2D eigenvalue weighted by molar-refractivity contribution is 7.88. The summed E-state index contributed by atoms with van der Waals surface area (Å²) in [5.41, 5.74) is 3.53. The fraction of sp³-hybridized carbons (Fsp3) is 0.400. The number of hydrogen-bond donors (Lipinski definition) is 1. The quantitative estimate of drug-likeness (QED) is 0.621. The lowest BCUT2D eigenvalue weighted by molar-refractivity contribution is 0.406. The van der Waals surface area contributed by atoms with Gasteiger partial charge in [-0.15, -0.1) is 0 Å². The molecule has 0 radical (unpaired) electrons.